The number of methoxy groups -OCH3 is 1. The molecule has 0 bridgehead atoms. The van der Waals surface area contributed by atoms with Gasteiger partial charge in [-0.25, -0.2) is 4.79 Å². The number of carbonyl (C=O) groups is 1. The van der Waals surface area contributed by atoms with E-state index in [9.17, 15) is 4.79 Å². The van der Waals surface area contributed by atoms with E-state index in [1.807, 2.05) is 37.3 Å². The fraction of sp³-hybridized carbons (Fsp3) is 0.281. The number of benzene rings is 4. The summed E-state index contributed by atoms with van der Waals surface area (Å²) in [5, 5.41) is 6.24. The Bertz CT molecular complexity index is 1400. The Balaban J connectivity index is 1.20. The van der Waals surface area contributed by atoms with E-state index in [-0.39, 0.29) is 12.7 Å². The minimum absolute atomic E-state index is 0.0607. The van der Waals surface area contributed by atoms with Gasteiger partial charge in [-0.05, 0) is 85.1 Å². The second-order valence-electron chi connectivity index (χ2n) is 9.56. The molecule has 0 aliphatic carbocycles. The van der Waals surface area contributed by atoms with Crippen LogP contribution in [0.3, 0.4) is 0 Å². The number of para-hydroxylation sites is 2. The van der Waals surface area contributed by atoms with Gasteiger partial charge < -0.3 is 24.4 Å². The molecular formula is C32H34N2O4. The van der Waals surface area contributed by atoms with Crippen LogP contribution in [0.25, 0.3) is 10.8 Å². The van der Waals surface area contributed by atoms with E-state index in [0.717, 1.165) is 55.2 Å². The van der Waals surface area contributed by atoms with E-state index in [1.165, 1.54) is 23.4 Å². The summed E-state index contributed by atoms with van der Waals surface area (Å²) in [4.78, 5) is 13.8. The summed E-state index contributed by atoms with van der Waals surface area (Å²) in [5.41, 5.74) is 4.45. The molecule has 1 aliphatic heterocycles. The normalized spacial score (nSPS) is 14.6. The zero-order valence-electron chi connectivity index (χ0n) is 22.0. The highest BCUT2D eigenvalue weighted by Gasteiger charge is 2.26. The molecule has 196 valence electrons. The summed E-state index contributed by atoms with van der Waals surface area (Å²) in [6.07, 6.45) is 1.95. The zero-order valence-corrected chi connectivity index (χ0v) is 22.0. The van der Waals surface area contributed by atoms with Crippen molar-refractivity contribution in [3.8, 4) is 11.5 Å². The number of carbonyl (C=O) groups excluding carboxylic acids is 1. The Hall–Kier alpha value is -4.03. The molecule has 0 fully saturated rings. The summed E-state index contributed by atoms with van der Waals surface area (Å²) < 4.78 is 16.7. The monoisotopic (exact) mass is 510 g/mol. The highest BCUT2D eigenvalue weighted by Crippen LogP contribution is 2.39. The van der Waals surface area contributed by atoms with Crippen molar-refractivity contribution >= 4 is 28.1 Å². The number of nitrogens with zero attached hydrogens (tertiary/aromatic N) is 1. The van der Waals surface area contributed by atoms with Crippen molar-refractivity contribution in [2.24, 2.45) is 0 Å². The van der Waals surface area contributed by atoms with Gasteiger partial charge in [0.05, 0.1) is 19.3 Å². The third-order valence-electron chi connectivity index (χ3n) is 6.97. The number of aryl methyl sites for hydroxylation is 1. The Labute approximate surface area is 224 Å². The molecule has 1 N–H and O–H groups in total. The molecule has 0 saturated carbocycles. The highest BCUT2D eigenvalue weighted by atomic mass is 16.6. The Morgan fingerprint density at radius 2 is 1.82 bits per heavy atom. The van der Waals surface area contributed by atoms with Gasteiger partial charge in [-0.1, -0.05) is 54.6 Å². The highest BCUT2D eigenvalue weighted by molar-refractivity contribution is 5.85. The molecule has 6 heteroatoms. The van der Waals surface area contributed by atoms with E-state index in [0.29, 0.717) is 5.75 Å². The molecule has 5 rings (SSSR count). The van der Waals surface area contributed by atoms with Gasteiger partial charge in [0, 0.05) is 5.69 Å². The average molecular weight is 511 g/mol. The predicted octanol–water partition coefficient (Wildman–Crippen LogP) is 5.82. The Morgan fingerprint density at radius 3 is 2.68 bits per heavy atom. The lowest BCUT2D eigenvalue weighted by atomic mass is 10.0. The van der Waals surface area contributed by atoms with Crippen molar-refractivity contribution < 1.29 is 19.0 Å². The van der Waals surface area contributed by atoms with Crippen LogP contribution in [0.2, 0.25) is 0 Å². The van der Waals surface area contributed by atoms with Crippen LogP contribution < -0.4 is 19.7 Å². The van der Waals surface area contributed by atoms with Gasteiger partial charge in [-0.3, -0.25) is 0 Å². The van der Waals surface area contributed by atoms with Crippen LogP contribution in [-0.2, 0) is 16.0 Å². The summed E-state index contributed by atoms with van der Waals surface area (Å²) in [6.45, 7) is 4.44. The lowest BCUT2D eigenvalue weighted by Crippen LogP contribution is -2.39. The van der Waals surface area contributed by atoms with Crippen molar-refractivity contribution in [3.05, 3.63) is 96.1 Å². The van der Waals surface area contributed by atoms with Crippen molar-refractivity contribution in [3.63, 3.8) is 0 Å². The van der Waals surface area contributed by atoms with Crippen molar-refractivity contribution in [1.82, 2.24) is 5.32 Å². The minimum atomic E-state index is -0.399. The van der Waals surface area contributed by atoms with Crippen molar-refractivity contribution in [1.29, 1.82) is 0 Å². The van der Waals surface area contributed by atoms with Crippen LogP contribution >= 0.6 is 0 Å². The fourth-order valence-corrected chi connectivity index (χ4v) is 4.97. The van der Waals surface area contributed by atoms with E-state index >= 15 is 0 Å². The molecule has 0 unspecified atom stereocenters. The van der Waals surface area contributed by atoms with E-state index < -0.39 is 5.97 Å². The lowest BCUT2D eigenvalue weighted by molar-refractivity contribution is -0.142. The van der Waals surface area contributed by atoms with Gasteiger partial charge in [0.25, 0.3) is 0 Å². The topological polar surface area (TPSA) is 60.0 Å². The molecule has 1 atom stereocenters. The third-order valence-corrected chi connectivity index (χ3v) is 6.97. The molecule has 4 aromatic carbocycles. The molecule has 38 heavy (non-hydrogen) atoms. The average Bonchev–Trinajstić information content (AvgIpc) is 2.95. The number of anilines is 2. The number of nitrogens with one attached hydrogen (secondary N) is 1. The number of rotatable bonds is 10. The molecule has 6 nitrogen and oxygen atoms in total. The van der Waals surface area contributed by atoms with Gasteiger partial charge in [-0.2, -0.15) is 0 Å². The molecule has 1 aliphatic rings. The van der Waals surface area contributed by atoms with E-state index in [1.54, 1.807) is 0 Å². The molecular weight excluding hydrogens is 476 g/mol. The van der Waals surface area contributed by atoms with Crippen molar-refractivity contribution in [2.75, 3.05) is 38.3 Å². The number of esters is 1. The SMILES string of the molecule is COC(=O)COc1ccc(N2C[C@@H](CCNCCc3cccc4ccccc34)Oc3ccccc32)cc1C. The Kier molecular flexibility index (Phi) is 8.09. The maximum Gasteiger partial charge on any atom is 0.343 e. The van der Waals surface area contributed by atoms with Crippen LogP contribution in [0, 0.1) is 6.92 Å². The lowest BCUT2D eigenvalue weighted by Gasteiger charge is -2.36. The second kappa shape index (κ2) is 12.0. The van der Waals surface area contributed by atoms with Gasteiger partial charge in [0.2, 0.25) is 0 Å². The van der Waals surface area contributed by atoms with E-state index in [4.69, 9.17) is 9.47 Å². The first-order valence-corrected chi connectivity index (χ1v) is 13.1. The molecule has 0 aromatic heterocycles. The third kappa shape index (κ3) is 5.92. The largest absolute Gasteiger partial charge is 0.486 e. The summed E-state index contributed by atoms with van der Waals surface area (Å²) in [6, 6.07) is 29.3. The van der Waals surface area contributed by atoms with Crippen LogP contribution in [0.5, 0.6) is 11.5 Å². The van der Waals surface area contributed by atoms with Crippen LogP contribution in [-0.4, -0.2) is 45.4 Å². The number of fused-ring (bicyclic) bond motifs is 2. The smallest absolute Gasteiger partial charge is 0.343 e. The van der Waals surface area contributed by atoms with Gasteiger partial charge in [-0.15, -0.1) is 0 Å². The number of ether oxygens (including phenoxy) is 3. The second-order valence-corrected chi connectivity index (χ2v) is 9.56. The van der Waals surface area contributed by atoms with Gasteiger partial charge in [0.1, 0.15) is 17.6 Å². The molecule has 0 radical (unpaired) electrons. The number of hydrogen-bond acceptors (Lipinski definition) is 6. The minimum Gasteiger partial charge on any atom is -0.486 e. The summed E-state index contributed by atoms with van der Waals surface area (Å²) >= 11 is 0. The Morgan fingerprint density at radius 1 is 1.00 bits per heavy atom. The maximum atomic E-state index is 11.5. The zero-order chi connectivity index (χ0) is 26.3. The first-order chi connectivity index (χ1) is 18.6. The van der Waals surface area contributed by atoms with Crippen LogP contribution in [0.4, 0.5) is 11.4 Å². The predicted molar refractivity (Wildman–Crippen MR) is 152 cm³/mol. The van der Waals surface area contributed by atoms with Crippen LogP contribution in [0.15, 0.2) is 84.9 Å². The first-order valence-electron chi connectivity index (χ1n) is 13.1. The molecule has 0 saturated heterocycles. The quantitative estimate of drug-likeness (QED) is 0.214. The molecule has 4 aromatic rings. The summed E-state index contributed by atoms with van der Waals surface area (Å²) in [5.74, 6) is 1.17. The van der Waals surface area contributed by atoms with Crippen molar-refractivity contribution in [2.45, 2.75) is 25.9 Å². The standard InChI is InChI=1S/C32H34N2O4/c1-23-20-26(14-15-30(23)37-22-32(35)36-2)34-21-27(38-31-13-6-5-12-29(31)34)17-19-33-18-16-25-10-7-9-24-8-3-4-11-28(24)25/h3-15,20,27,33H,16-19,21-22H2,1-2H3/t27-/m1/s1. The molecule has 1 heterocycles. The molecule has 0 amide bonds. The molecule has 0 spiro atoms. The van der Waals surface area contributed by atoms with Gasteiger partial charge >= 0.3 is 5.97 Å². The number of hydrogen-bond donors (Lipinski definition) is 1. The van der Waals surface area contributed by atoms with Crippen LogP contribution in [0.1, 0.15) is 17.5 Å². The van der Waals surface area contributed by atoms with Gasteiger partial charge in [0.15, 0.2) is 6.61 Å². The van der Waals surface area contributed by atoms with E-state index in [2.05, 4.69) is 69.6 Å². The fourth-order valence-electron chi connectivity index (χ4n) is 4.97. The maximum absolute atomic E-state index is 11.5. The first kappa shape index (κ1) is 25.6. The summed E-state index contributed by atoms with van der Waals surface area (Å²) in [7, 11) is 1.36.